The zero-order valence-corrected chi connectivity index (χ0v) is 12.2. The molecule has 0 aromatic heterocycles. The van der Waals surface area contributed by atoms with E-state index in [2.05, 4.69) is 5.32 Å². The first-order valence-electron chi connectivity index (χ1n) is 6.57. The molecule has 3 nitrogen and oxygen atoms in total. The number of hydrogen-bond acceptors (Lipinski definition) is 2. The topological polar surface area (TPSA) is 38.3 Å². The minimum Gasteiger partial charge on any atom is -0.481 e. The fourth-order valence-electron chi connectivity index (χ4n) is 1.76. The first-order chi connectivity index (χ1) is 10.1. The van der Waals surface area contributed by atoms with Gasteiger partial charge in [-0.2, -0.15) is 0 Å². The van der Waals surface area contributed by atoms with Gasteiger partial charge in [-0.15, -0.1) is 0 Å². The monoisotopic (exact) mass is 307 g/mol. The van der Waals surface area contributed by atoms with Crippen molar-refractivity contribution < 1.29 is 13.9 Å². The third kappa shape index (κ3) is 4.46. The summed E-state index contributed by atoms with van der Waals surface area (Å²) >= 11 is 5.79. The van der Waals surface area contributed by atoms with Gasteiger partial charge >= 0.3 is 0 Å². The number of rotatable bonds is 5. The molecule has 2 aromatic rings. The molecule has 1 atom stereocenters. The minimum atomic E-state index is -0.647. The molecule has 2 rings (SSSR count). The van der Waals surface area contributed by atoms with Gasteiger partial charge in [-0.05, 0) is 55.0 Å². The predicted molar refractivity (Wildman–Crippen MR) is 81.2 cm³/mol. The van der Waals surface area contributed by atoms with Crippen molar-refractivity contribution in [3.8, 4) is 5.75 Å². The molecular weight excluding hydrogens is 293 g/mol. The second-order valence-electron chi connectivity index (χ2n) is 4.46. The van der Waals surface area contributed by atoms with Gasteiger partial charge in [0.25, 0.3) is 5.91 Å². The molecule has 0 saturated carbocycles. The van der Waals surface area contributed by atoms with E-state index in [0.29, 0.717) is 22.9 Å². The largest absolute Gasteiger partial charge is 0.481 e. The molecule has 0 spiro atoms. The van der Waals surface area contributed by atoms with Crippen LogP contribution in [0.25, 0.3) is 0 Å². The maximum Gasteiger partial charge on any atom is 0.265 e. The molecule has 0 unspecified atom stereocenters. The number of hydrogen-bond donors (Lipinski definition) is 1. The molecule has 0 aliphatic heterocycles. The molecule has 0 aliphatic carbocycles. The number of amides is 1. The SMILES string of the molecule is CC[C@H](Oc1ccc(F)cc1)C(=O)Nc1ccc(Cl)cc1. The van der Waals surface area contributed by atoms with Crippen molar-refractivity contribution in [3.05, 3.63) is 59.4 Å². The highest BCUT2D eigenvalue weighted by atomic mass is 35.5. The second-order valence-corrected chi connectivity index (χ2v) is 4.90. The van der Waals surface area contributed by atoms with Gasteiger partial charge in [-0.25, -0.2) is 4.39 Å². The molecule has 1 N–H and O–H groups in total. The maximum absolute atomic E-state index is 12.8. The van der Waals surface area contributed by atoms with Gasteiger partial charge in [-0.3, -0.25) is 4.79 Å². The first kappa shape index (κ1) is 15.3. The van der Waals surface area contributed by atoms with Crippen molar-refractivity contribution in [2.45, 2.75) is 19.4 Å². The van der Waals surface area contributed by atoms with Gasteiger partial charge in [0, 0.05) is 10.7 Å². The quantitative estimate of drug-likeness (QED) is 0.895. The van der Waals surface area contributed by atoms with Crippen molar-refractivity contribution in [2.75, 3.05) is 5.32 Å². The van der Waals surface area contributed by atoms with Crippen LogP contribution in [0.3, 0.4) is 0 Å². The van der Waals surface area contributed by atoms with Crippen LogP contribution in [0.1, 0.15) is 13.3 Å². The Balaban J connectivity index is 2.01. The Morgan fingerprint density at radius 2 is 1.81 bits per heavy atom. The van der Waals surface area contributed by atoms with Crippen LogP contribution in [0.15, 0.2) is 48.5 Å². The van der Waals surface area contributed by atoms with E-state index in [1.807, 2.05) is 6.92 Å². The summed E-state index contributed by atoms with van der Waals surface area (Å²) in [6.45, 7) is 1.84. The summed E-state index contributed by atoms with van der Waals surface area (Å²) in [6.07, 6.45) is -0.150. The van der Waals surface area contributed by atoms with Gasteiger partial charge in [0.05, 0.1) is 0 Å². The molecule has 0 saturated heterocycles. The third-order valence-corrected chi connectivity index (χ3v) is 3.12. The summed E-state index contributed by atoms with van der Waals surface area (Å²) in [5.41, 5.74) is 0.644. The third-order valence-electron chi connectivity index (χ3n) is 2.87. The number of nitrogens with one attached hydrogen (secondary N) is 1. The highest BCUT2D eigenvalue weighted by Crippen LogP contribution is 2.17. The van der Waals surface area contributed by atoms with Crippen LogP contribution in [0, 0.1) is 5.82 Å². The standard InChI is InChI=1S/C16H15ClFNO2/c1-2-15(21-14-9-5-12(18)6-10-14)16(20)19-13-7-3-11(17)4-8-13/h3-10,15H,2H2,1H3,(H,19,20)/t15-/m0/s1. The predicted octanol–water partition coefficient (Wildman–Crippen LogP) is 4.28. The molecule has 5 heteroatoms. The number of ether oxygens (including phenoxy) is 1. The van der Waals surface area contributed by atoms with Crippen LogP contribution in [0.4, 0.5) is 10.1 Å². The lowest BCUT2D eigenvalue weighted by Crippen LogP contribution is -2.32. The fourth-order valence-corrected chi connectivity index (χ4v) is 1.88. The van der Waals surface area contributed by atoms with E-state index in [9.17, 15) is 9.18 Å². The van der Waals surface area contributed by atoms with Crippen LogP contribution in [-0.4, -0.2) is 12.0 Å². The molecule has 2 aromatic carbocycles. The fraction of sp³-hybridized carbons (Fsp3) is 0.188. The van der Waals surface area contributed by atoms with Crippen LogP contribution in [0.2, 0.25) is 5.02 Å². The van der Waals surface area contributed by atoms with Crippen molar-refractivity contribution in [1.82, 2.24) is 0 Å². The zero-order chi connectivity index (χ0) is 15.2. The van der Waals surface area contributed by atoms with E-state index in [4.69, 9.17) is 16.3 Å². The minimum absolute atomic E-state index is 0.260. The zero-order valence-electron chi connectivity index (χ0n) is 11.5. The Labute approximate surface area is 127 Å². The van der Waals surface area contributed by atoms with E-state index in [-0.39, 0.29) is 11.7 Å². The first-order valence-corrected chi connectivity index (χ1v) is 6.95. The van der Waals surface area contributed by atoms with Crippen molar-refractivity contribution in [1.29, 1.82) is 0 Å². The average molecular weight is 308 g/mol. The molecule has 0 fully saturated rings. The maximum atomic E-state index is 12.8. The van der Waals surface area contributed by atoms with Crippen molar-refractivity contribution in [2.24, 2.45) is 0 Å². The van der Waals surface area contributed by atoms with Crippen LogP contribution < -0.4 is 10.1 Å². The lowest BCUT2D eigenvalue weighted by molar-refractivity contribution is -0.122. The number of halogens is 2. The molecule has 21 heavy (non-hydrogen) atoms. The van der Waals surface area contributed by atoms with Crippen molar-refractivity contribution in [3.63, 3.8) is 0 Å². The highest BCUT2D eigenvalue weighted by Gasteiger charge is 2.18. The van der Waals surface area contributed by atoms with E-state index in [1.165, 1.54) is 24.3 Å². The molecular formula is C16H15ClFNO2. The van der Waals surface area contributed by atoms with Crippen LogP contribution >= 0.6 is 11.6 Å². The Kier molecular flexibility index (Phi) is 5.17. The summed E-state index contributed by atoms with van der Waals surface area (Å²) in [7, 11) is 0. The normalized spacial score (nSPS) is 11.8. The summed E-state index contributed by atoms with van der Waals surface area (Å²) in [5.74, 6) is -0.153. The number of anilines is 1. The highest BCUT2D eigenvalue weighted by molar-refractivity contribution is 6.30. The Morgan fingerprint density at radius 3 is 2.38 bits per heavy atom. The smallest absolute Gasteiger partial charge is 0.265 e. The van der Waals surface area contributed by atoms with Gasteiger partial charge in [0.2, 0.25) is 0 Å². The molecule has 0 bridgehead atoms. The van der Waals surface area contributed by atoms with E-state index in [1.54, 1.807) is 24.3 Å². The lowest BCUT2D eigenvalue weighted by Gasteiger charge is -2.17. The summed E-state index contributed by atoms with van der Waals surface area (Å²) < 4.78 is 18.4. The molecule has 0 heterocycles. The Morgan fingerprint density at radius 1 is 1.19 bits per heavy atom. The second kappa shape index (κ2) is 7.09. The van der Waals surface area contributed by atoms with E-state index < -0.39 is 6.10 Å². The molecule has 0 aliphatic rings. The molecule has 1 amide bonds. The summed E-state index contributed by atoms with van der Waals surface area (Å²) in [4.78, 5) is 12.2. The van der Waals surface area contributed by atoms with Crippen LogP contribution in [-0.2, 0) is 4.79 Å². The van der Waals surface area contributed by atoms with Gasteiger partial charge in [0.1, 0.15) is 11.6 Å². The summed E-state index contributed by atoms with van der Waals surface area (Å²) in [6, 6.07) is 12.4. The Hall–Kier alpha value is -2.07. The summed E-state index contributed by atoms with van der Waals surface area (Å²) in [5, 5.41) is 3.35. The van der Waals surface area contributed by atoms with Gasteiger partial charge < -0.3 is 10.1 Å². The van der Waals surface area contributed by atoms with Crippen LogP contribution in [0.5, 0.6) is 5.75 Å². The number of carbonyl (C=O) groups excluding carboxylic acids is 1. The molecule has 0 radical (unpaired) electrons. The van der Waals surface area contributed by atoms with Gasteiger partial charge in [-0.1, -0.05) is 18.5 Å². The number of benzene rings is 2. The average Bonchev–Trinajstić information content (AvgIpc) is 2.49. The Bertz CT molecular complexity index is 599. The van der Waals surface area contributed by atoms with Crippen molar-refractivity contribution >= 4 is 23.2 Å². The van der Waals surface area contributed by atoms with Gasteiger partial charge in [0.15, 0.2) is 6.10 Å². The molecule has 110 valence electrons. The number of carbonyl (C=O) groups is 1. The van der Waals surface area contributed by atoms with E-state index in [0.717, 1.165) is 0 Å². The lowest BCUT2D eigenvalue weighted by atomic mass is 10.2. The van der Waals surface area contributed by atoms with E-state index >= 15 is 0 Å².